The van der Waals surface area contributed by atoms with Crippen LogP contribution in [0.4, 0.5) is 0 Å². The van der Waals surface area contributed by atoms with Gasteiger partial charge in [0, 0.05) is 18.0 Å². The predicted molar refractivity (Wildman–Crippen MR) is 78.6 cm³/mol. The summed E-state index contributed by atoms with van der Waals surface area (Å²) in [6.45, 7) is 9.76. The van der Waals surface area contributed by atoms with E-state index in [1.165, 1.54) is 28.4 Å². The predicted octanol–water partition coefficient (Wildman–Crippen LogP) is 2.96. The second-order valence-corrected chi connectivity index (χ2v) is 7.91. The second kappa shape index (κ2) is 5.15. The Morgan fingerprint density at radius 3 is 2.89 bits per heavy atom. The largest absolute Gasteiger partial charge is 0.368 e. The van der Waals surface area contributed by atoms with Crippen molar-refractivity contribution in [2.75, 3.05) is 19.7 Å². The Hall–Kier alpha value is -0.450. The smallest absolute Gasteiger partial charge is 0.123 e. The minimum atomic E-state index is 0.178. The van der Waals surface area contributed by atoms with Gasteiger partial charge in [0.25, 0.3) is 0 Å². The van der Waals surface area contributed by atoms with Gasteiger partial charge in [-0.1, -0.05) is 20.8 Å². The van der Waals surface area contributed by atoms with Crippen molar-refractivity contribution in [1.29, 1.82) is 0 Å². The number of fused-ring (bicyclic) bond motifs is 1. The molecule has 1 aromatic rings. The van der Waals surface area contributed by atoms with Gasteiger partial charge in [0.1, 0.15) is 11.1 Å². The Morgan fingerprint density at radius 2 is 2.21 bits per heavy atom. The minimum Gasteiger partial charge on any atom is -0.368 e. The molecule has 2 heterocycles. The maximum atomic E-state index is 5.82. The first-order chi connectivity index (χ1) is 9.04. The number of hydrogen-bond donors (Lipinski definition) is 1. The molecule has 3 nitrogen and oxygen atoms in total. The maximum absolute atomic E-state index is 5.82. The lowest BCUT2D eigenvalue weighted by Crippen LogP contribution is -2.33. The van der Waals surface area contributed by atoms with E-state index in [0.29, 0.717) is 5.41 Å². The summed E-state index contributed by atoms with van der Waals surface area (Å²) in [7, 11) is 0. The Balaban J connectivity index is 1.77. The van der Waals surface area contributed by atoms with E-state index in [9.17, 15) is 0 Å². The van der Waals surface area contributed by atoms with E-state index in [0.717, 1.165) is 32.0 Å². The molecule has 1 aromatic heterocycles. The third-order valence-electron chi connectivity index (χ3n) is 4.38. The van der Waals surface area contributed by atoms with Crippen molar-refractivity contribution < 1.29 is 4.74 Å². The molecule has 19 heavy (non-hydrogen) atoms. The van der Waals surface area contributed by atoms with E-state index in [2.05, 4.69) is 26.1 Å². The zero-order chi connectivity index (χ0) is 13.5. The van der Waals surface area contributed by atoms with Crippen LogP contribution in [0.3, 0.4) is 0 Å². The summed E-state index contributed by atoms with van der Waals surface area (Å²) in [6, 6.07) is 0. The normalized spacial score (nSPS) is 28.2. The molecule has 0 amide bonds. The van der Waals surface area contributed by atoms with E-state index in [1.807, 2.05) is 11.3 Å². The Morgan fingerprint density at radius 1 is 1.37 bits per heavy atom. The molecule has 1 N–H and O–H groups in total. The molecule has 1 aliphatic heterocycles. The Kier molecular flexibility index (Phi) is 3.67. The van der Waals surface area contributed by atoms with E-state index in [-0.39, 0.29) is 6.10 Å². The number of nitrogens with one attached hydrogen (secondary N) is 1. The van der Waals surface area contributed by atoms with Crippen molar-refractivity contribution in [3.8, 4) is 0 Å². The highest BCUT2D eigenvalue weighted by Crippen LogP contribution is 2.40. The van der Waals surface area contributed by atoms with E-state index in [4.69, 9.17) is 9.72 Å². The van der Waals surface area contributed by atoms with Gasteiger partial charge in [-0.3, -0.25) is 0 Å². The molecule has 1 fully saturated rings. The van der Waals surface area contributed by atoms with Crippen molar-refractivity contribution in [1.82, 2.24) is 10.3 Å². The molecule has 0 saturated carbocycles. The summed E-state index contributed by atoms with van der Waals surface area (Å²) in [4.78, 5) is 6.35. The molecule has 106 valence electrons. The standard InChI is InChI=1S/C15H24N2OS/c1-15(2,3)10-4-5-11-13(8-10)19-14(17-11)12-9-16-6-7-18-12/h10,12,16H,4-9H2,1-3H3. The van der Waals surface area contributed by atoms with E-state index < -0.39 is 0 Å². The highest BCUT2D eigenvalue weighted by molar-refractivity contribution is 7.11. The summed E-state index contributed by atoms with van der Waals surface area (Å²) >= 11 is 1.89. The first kappa shape index (κ1) is 13.5. The van der Waals surface area contributed by atoms with Gasteiger partial charge >= 0.3 is 0 Å². The lowest BCUT2D eigenvalue weighted by atomic mass is 9.73. The SMILES string of the molecule is CC(C)(C)C1CCc2nc(C3CNCCO3)sc2C1. The van der Waals surface area contributed by atoms with Crippen molar-refractivity contribution in [3.05, 3.63) is 15.6 Å². The zero-order valence-electron chi connectivity index (χ0n) is 12.2. The second-order valence-electron chi connectivity index (χ2n) is 6.79. The molecule has 0 aromatic carbocycles. The Labute approximate surface area is 119 Å². The number of ether oxygens (including phenoxy) is 1. The summed E-state index contributed by atoms with van der Waals surface area (Å²) in [5.74, 6) is 0.790. The molecule has 2 atom stereocenters. The van der Waals surface area contributed by atoms with Gasteiger partial charge in [-0.05, 0) is 30.6 Å². The molecule has 0 spiro atoms. The minimum absolute atomic E-state index is 0.178. The van der Waals surface area contributed by atoms with Crippen molar-refractivity contribution in [2.24, 2.45) is 11.3 Å². The quantitative estimate of drug-likeness (QED) is 0.859. The lowest BCUT2D eigenvalue weighted by molar-refractivity contribution is 0.0274. The third kappa shape index (κ3) is 2.86. The fraction of sp³-hybridized carbons (Fsp3) is 0.800. The first-order valence-electron chi connectivity index (χ1n) is 7.35. The first-order valence-corrected chi connectivity index (χ1v) is 8.16. The van der Waals surface area contributed by atoms with E-state index >= 15 is 0 Å². The van der Waals surface area contributed by atoms with Crippen LogP contribution in [0, 0.1) is 11.3 Å². The molecule has 3 rings (SSSR count). The van der Waals surface area contributed by atoms with Crippen LogP contribution in [0.25, 0.3) is 0 Å². The van der Waals surface area contributed by atoms with Crippen LogP contribution in [0.1, 0.15) is 48.9 Å². The number of morpholine rings is 1. The molecule has 2 aliphatic rings. The van der Waals surface area contributed by atoms with Crippen LogP contribution in [0.5, 0.6) is 0 Å². The van der Waals surface area contributed by atoms with Crippen molar-refractivity contribution >= 4 is 11.3 Å². The highest BCUT2D eigenvalue weighted by atomic mass is 32.1. The van der Waals surface area contributed by atoms with Crippen molar-refractivity contribution in [3.63, 3.8) is 0 Å². The van der Waals surface area contributed by atoms with Crippen LogP contribution in [0.2, 0.25) is 0 Å². The van der Waals surface area contributed by atoms with Gasteiger partial charge in [-0.2, -0.15) is 0 Å². The van der Waals surface area contributed by atoms with Gasteiger partial charge in [-0.15, -0.1) is 11.3 Å². The monoisotopic (exact) mass is 280 g/mol. The molecular formula is C15H24N2OS. The van der Waals surface area contributed by atoms with Crippen LogP contribution >= 0.6 is 11.3 Å². The molecule has 0 radical (unpaired) electrons. The molecule has 2 unspecified atom stereocenters. The van der Waals surface area contributed by atoms with Crippen LogP contribution in [-0.2, 0) is 17.6 Å². The highest BCUT2D eigenvalue weighted by Gasteiger charge is 2.31. The summed E-state index contributed by atoms with van der Waals surface area (Å²) in [5.41, 5.74) is 1.75. The number of hydrogen-bond acceptors (Lipinski definition) is 4. The van der Waals surface area contributed by atoms with Gasteiger partial charge in [-0.25, -0.2) is 4.98 Å². The van der Waals surface area contributed by atoms with Gasteiger partial charge in [0.05, 0.1) is 12.3 Å². The molecule has 1 saturated heterocycles. The van der Waals surface area contributed by atoms with Crippen LogP contribution < -0.4 is 5.32 Å². The lowest BCUT2D eigenvalue weighted by Gasteiger charge is -2.33. The molecular weight excluding hydrogens is 256 g/mol. The number of aromatic nitrogens is 1. The van der Waals surface area contributed by atoms with Gasteiger partial charge in [0.15, 0.2) is 0 Å². The van der Waals surface area contributed by atoms with Crippen LogP contribution in [-0.4, -0.2) is 24.7 Å². The number of rotatable bonds is 1. The fourth-order valence-electron chi connectivity index (χ4n) is 3.00. The molecule has 1 aliphatic carbocycles. The number of aryl methyl sites for hydroxylation is 1. The maximum Gasteiger partial charge on any atom is 0.123 e. The van der Waals surface area contributed by atoms with E-state index in [1.54, 1.807) is 0 Å². The zero-order valence-corrected chi connectivity index (χ0v) is 13.0. The summed E-state index contributed by atoms with van der Waals surface area (Å²) < 4.78 is 5.82. The summed E-state index contributed by atoms with van der Waals surface area (Å²) in [5, 5.41) is 4.58. The average molecular weight is 280 g/mol. The Bertz CT molecular complexity index is 443. The number of nitrogens with zero attached hydrogens (tertiary/aromatic N) is 1. The summed E-state index contributed by atoms with van der Waals surface area (Å²) in [6.07, 6.45) is 3.81. The van der Waals surface area contributed by atoms with Crippen molar-refractivity contribution in [2.45, 2.75) is 46.1 Å². The number of thiazole rings is 1. The molecule has 4 heteroatoms. The van der Waals surface area contributed by atoms with Gasteiger partial charge in [0.2, 0.25) is 0 Å². The third-order valence-corrected chi connectivity index (χ3v) is 5.60. The van der Waals surface area contributed by atoms with Crippen LogP contribution in [0.15, 0.2) is 0 Å². The molecule has 0 bridgehead atoms. The van der Waals surface area contributed by atoms with Gasteiger partial charge < -0.3 is 10.1 Å². The fourth-order valence-corrected chi connectivity index (χ4v) is 4.24. The average Bonchev–Trinajstić information content (AvgIpc) is 2.81. The topological polar surface area (TPSA) is 34.2 Å².